The molecule has 0 unspecified atom stereocenters. The molecule has 0 bridgehead atoms. The SMILES string of the molecule is C=C(c1c(OC(F)F)ccc(F)c1Cl)c1c[nH]c2ncc(-c3cn(C[C@H](O)CO)nc3C)cc12. The summed E-state index contributed by atoms with van der Waals surface area (Å²) in [5.41, 5.74) is 3.14. The van der Waals surface area contributed by atoms with Gasteiger partial charge in [0.15, 0.2) is 0 Å². The second kappa shape index (κ2) is 9.49. The summed E-state index contributed by atoms with van der Waals surface area (Å²) in [5, 5.41) is 23.3. The van der Waals surface area contributed by atoms with E-state index < -0.39 is 25.1 Å². The molecule has 4 rings (SSSR count). The number of aliphatic hydroxyl groups is 2. The van der Waals surface area contributed by atoms with E-state index in [1.807, 2.05) is 0 Å². The average Bonchev–Trinajstić information content (AvgIpc) is 3.38. The Hall–Kier alpha value is -3.34. The molecule has 3 heterocycles. The molecule has 0 saturated carbocycles. The minimum absolute atomic E-state index is 0.0877. The molecule has 0 spiro atoms. The molecular formula is C23H20ClF3N4O3. The van der Waals surface area contributed by atoms with Crippen LogP contribution in [0.4, 0.5) is 13.2 Å². The number of nitrogens with one attached hydrogen (secondary N) is 1. The number of pyridine rings is 1. The van der Waals surface area contributed by atoms with Gasteiger partial charge in [-0.25, -0.2) is 9.37 Å². The van der Waals surface area contributed by atoms with E-state index in [9.17, 15) is 18.3 Å². The zero-order valence-corrected chi connectivity index (χ0v) is 18.7. The first-order chi connectivity index (χ1) is 16.2. The number of rotatable bonds is 8. The lowest BCUT2D eigenvalue weighted by Crippen LogP contribution is -2.20. The van der Waals surface area contributed by atoms with Crippen molar-refractivity contribution >= 4 is 28.2 Å². The maximum atomic E-state index is 14.2. The van der Waals surface area contributed by atoms with Gasteiger partial charge in [-0.2, -0.15) is 13.9 Å². The Kier molecular flexibility index (Phi) is 6.65. The first-order valence-electron chi connectivity index (χ1n) is 10.1. The van der Waals surface area contributed by atoms with Gasteiger partial charge in [0.05, 0.1) is 30.0 Å². The number of nitrogens with zero attached hydrogens (tertiary/aromatic N) is 3. The number of ether oxygens (including phenoxy) is 1. The summed E-state index contributed by atoms with van der Waals surface area (Å²) in [7, 11) is 0. The lowest BCUT2D eigenvalue weighted by molar-refractivity contribution is -0.0500. The van der Waals surface area contributed by atoms with Gasteiger partial charge >= 0.3 is 6.61 Å². The minimum Gasteiger partial charge on any atom is -0.434 e. The minimum atomic E-state index is -3.13. The van der Waals surface area contributed by atoms with E-state index in [0.29, 0.717) is 27.9 Å². The van der Waals surface area contributed by atoms with Gasteiger partial charge < -0.3 is 19.9 Å². The van der Waals surface area contributed by atoms with Gasteiger partial charge in [-0.15, -0.1) is 0 Å². The Bertz CT molecular complexity index is 1370. The quantitative estimate of drug-likeness (QED) is 0.335. The van der Waals surface area contributed by atoms with Gasteiger partial charge in [-0.1, -0.05) is 18.2 Å². The highest BCUT2D eigenvalue weighted by molar-refractivity contribution is 6.33. The number of aliphatic hydroxyl groups excluding tert-OH is 2. The number of H-pyrrole nitrogens is 1. The summed E-state index contributed by atoms with van der Waals surface area (Å²) in [6.07, 6.45) is 3.97. The summed E-state index contributed by atoms with van der Waals surface area (Å²) in [5.74, 6) is -1.10. The standard InChI is InChI=1S/C23H20ClF3N4O3/c1-11(20-19(34-23(26)27)4-3-18(25)21(20)24)16-7-29-22-15(16)5-13(6-28-22)17-9-31(30-12(17)2)8-14(33)10-32/h3-7,9,14,23,32-33H,1,8,10H2,2H3,(H,28,29)/t14-/m0/s1. The van der Waals surface area contributed by atoms with Gasteiger partial charge in [-0.3, -0.25) is 4.68 Å². The Labute approximate surface area is 197 Å². The molecule has 0 saturated heterocycles. The van der Waals surface area contributed by atoms with Crippen molar-refractivity contribution in [2.45, 2.75) is 26.2 Å². The van der Waals surface area contributed by atoms with E-state index >= 15 is 0 Å². The van der Waals surface area contributed by atoms with Crippen LogP contribution in [0.1, 0.15) is 16.8 Å². The van der Waals surface area contributed by atoms with Crippen molar-refractivity contribution in [1.82, 2.24) is 19.7 Å². The molecule has 0 amide bonds. The number of aryl methyl sites for hydroxylation is 1. The van der Waals surface area contributed by atoms with Gasteiger partial charge in [0.1, 0.15) is 17.2 Å². The highest BCUT2D eigenvalue weighted by Gasteiger charge is 2.22. The number of aromatic nitrogens is 4. The zero-order chi connectivity index (χ0) is 24.6. The van der Waals surface area contributed by atoms with Crippen LogP contribution in [-0.2, 0) is 6.54 Å². The third-order valence-electron chi connectivity index (χ3n) is 5.30. The molecule has 0 aliphatic rings. The molecule has 4 aromatic rings. The van der Waals surface area contributed by atoms with E-state index in [1.54, 1.807) is 31.6 Å². The molecule has 0 aliphatic heterocycles. The Balaban J connectivity index is 1.78. The molecule has 1 atom stereocenters. The summed E-state index contributed by atoms with van der Waals surface area (Å²) < 4.78 is 46.1. The number of aromatic amines is 1. The van der Waals surface area contributed by atoms with Crippen LogP contribution in [-0.4, -0.2) is 49.3 Å². The van der Waals surface area contributed by atoms with E-state index in [1.165, 1.54) is 4.68 Å². The highest BCUT2D eigenvalue weighted by atomic mass is 35.5. The molecule has 34 heavy (non-hydrogen) atoms. The number of benzene rings is 1. The molecule has 3 N–H and O–H groups in total. The number of alkyl halides is 2. The molecule has 11 heteroatoms. The Morgan fingerprint density at radius 3 is 2.82 bits per heavy atom. The van der Waals surface area contributed by atoms with Crippen LogP contribution in [0.5, 0.6) is 5.75 Å². The topological polar surface area (TPSA) is 96.2 Å². The molecule has 0 radical (unpaired) electrons. The lowest BCUT2D eigenvalue weighted by atomic mass is 9.97. The monoisotopic (exact) mass is 492 g/mol. The van der Waals surface area contributed by atoms with Gasteiger partial charge in [0.25, 0.3) is 0 Å². The molecule has 178 valence electrons. The summed E-state index contributed by atoms with van der Waals surface area (Å²) >= 11 is 6.11. The fourth-order valence-electron chi connectivity index (χ4n) is 3.71. The molecule has 0 fully saturated rings. The van der Waals surface area contributed by atoms with Gasteiger partial charge in [0.2, 0.25) is 0 Å². The molecular weight excluding hydrogens is 473 g/mol. The van der Waals surface area contributed by atoms with Crippen molar-refractivity contribution < 1.29 is 28.1 Å². The Morgan fingerprint density at radius 2 is 2.12 bits per heavy atom. The van der Waals surface area contributed by atoms with Gasteiger partial charge in [-0.05, 0) is 30.7 Å². The number of hydrogen-bond acceptors (Lipinski definition) is 5. The number of hydrogen-bond donors (Lipinski definition) is 3. The Morgan fingerprint density at radius 1 is 1.35 bits per heavy atom. The maximum Gasteiger partial charge on any atom is 0.387 e. The van der Waals surface area contributed by atoms with Crippen LogP contribution in [0.3, 0.4) is 0 Å². The molecule has 0 aliphatic carbocycles. The summed E-state index contributed by atoms with van der Waals surface area (Å²) in [6, 6.07) is 3.82. The van der Waals surface area contributed by atoms with Crippen molar-refractivity contribution in [2.75, 3.05) is 6.61 Å². The molecule has 7 nitrogen and oxygen atoms in total. The third kappa shape index (κ3) is 4.52. The van der Waals surface area contributed by atoms with Crippen LogP contribution in [0.15, 0.2) is 43.4 Å². The van der Waals surface area contributed by atoms with Crippen LogP contribution in [0.2, 0.25) is 5.02 Å². The fourth-order valence-corrected chi connectivity index (χ4v) is 3.98. The largest absolute Gasteiger partial charge is 0.434 e. The smallest absolute Gasteiger partial charge is 0.387 e. The predicted molar refractivity (Wildman–Crippen MR) is 121 cm³/mol. The van der Waals surface area contributed by atoms with Crippen LogP contribution in [0.25, 0.3) is 27.7 Å². The summed E-state index contributed by atoms with van der Waals surface area (Å²) in [6.45, 7) is 2.34. The maximum absolute atomic E-state index is 14.2. The van der Waals surface area contributed by atoms with E-state index in [-0.39, 0.29) is 28.5 Å². The number of fused-ring (bicyclic) bond motifs is 1. The highest BCUT2D eigenvalue weighted by Crippen LogP contribution is 2.40. The average molecular weight is 493 g/mol. The van der Waals surface area contributed by atoms with Crippen molar-refractivity contribution in [2.24, 2.45) is 0 Å². The number of halogens is 4. The normalized spacial score (nSPS) is 12.5. The second-order valence-electron chi connectivity index (χ2n) is 7.60. The van der Waals surface area contributed by atoms with Crippen molar-refractivity contribution in [3.63, 3.8) is 0 Å². The first-order valence-corrected chi connectivity index (χ1v) is 10.5. The first kappa shape index (κ1) is 23.8. The third-order valence-corrected chi connectivity index (χ3v) is 5.67. The molecule has 3 aromatic heterocycles. The van der Waals surface area contributed by atoms with Gasteiger partial charge in [0, 0.05) is 46.2 Å². The zero-order valence-electron chi connectivity index (χ0n) is 17.9. The van der Waals surface area contributed by atoms with Crippen molar-refractivity contribution in [1.29, 1.82) is 0 Å². The van der Waals surface area contributed by atoms with Crippen LogP contribution < -0.4 is 4.74 Å². The van der Waals surface area contributed by atoms with Crippen LogP contribution >= 0.6 is 11.6 Å². The predicted octanol–water partition coefficient (Wildman–Crippen LogP) is 4.54. The fraction of sp³-hybridized carbons (Fsp3) is 0.217. The van der Waals surface area contributed by atoms with E-state index in [0.717, 1.165) is 17.7 Å². The second-order valence-corrected chi connectivity index (χ2v) is 7.98. The van der Waals surface area contributed by atoms with Crippen molar-refractivity contribution in [3.8, 4) is 16.9 Å². The van der Waals surface area contributed by atoms with E-state index in [4.69, 9.17) is 16.7 Å². The van der Waals surface area contributed by atoms with E-state index in [2.05, 4.69) is 26.4 Å². The molecule has 1 aromatic carbocycles. The summed E-state index contributed by atoms with van der Waals surface area (Å²) in [4.78, 5) is 7.40. The van der Waals surface area contributed by atoms with Crippen molar-refractivity contribution in [3.05, 3.63) is 71.0 Å². The van der Waals surface area contributed by atoms with Crippen LogP contribution in [0, 0.1) is 12.7 Å². The lowest BCUT2D eigenvalue weighted by Gasteiger charge is -2.15.